The van der Waals surface area contributed by atoms with Gasteiger partial charge in [-0.2, -0.15) is 0 Å². The van der Waals surface area contributed by atoms with E-state index < -0.39 is 5.97 Å². The molecule has 0 bridgehead atoms. The molecule has 1 aromatic rings. The van der Waals surface area contributed by atoms with Gasteiger partial charge in [0.25, 0.3) is 0 Å². The number of carboxylic acids is 1. The molecule has 1 aromatic carbocycles. The second-order valence-corrected chi connectivity index (χ2v) is 4.65. The molecule has 0 heterocycles. The fraction of sp³-hybridized carbons (Fsp3) is 0.533. The molecule has 0 saturated carbocycles. The zero-order valence-corrected chi connectivity index (χ0v) is 11.8. The van der Waals surface area contributed by atoms with Crippen LogP contribution in [0.3, 0.4) is 0 Å². The fourth-order valence-electron chi connectivity index (χ4n) is 1.78. The van der Waals surface area contributed by atoms with E-state index in [1.165, 1.54) is 5.56 Å². The molecule has 0 aliphatic heterocycles. The molecule has 4 nitrogen and oxygen atoms in total. The normalized spacial score (nSPS) is 10.7. The lowest BCUT2D eigenvalue weighted by Gasteiger charge is -2.15. The highest BCUT2D eigenvalue weighted by Crippen LogP contribution is 2.13. The predicted octanol–water partition coefficient (Wildman–Crippen LogP) is 2.42. The Balaban J connectivity index is 2.17. The molecule has 0 saturated heterocycles. The molecule has 4 heteroatoms. The van der Waals surface area contributed by atoms with Gasteiger partial charge in [0, 0.05) is 13.1 Å². The fourth-order valence-corrected chi connectivity index (χ4v) is 1.78. The van der Waals surface area contributed by atoms with Crippen molar-refractivity contribution in [2.75, 3.05) is 26.7 Å². The lowest BCUT2D eigenvalue weighted by atomic mass is 10.2. The summed E-state index contributed by atoms with van der Waals surface area (Å²) in [5.74, 6) is 0.159. The first-order valence-corrected chi connectivity index (χ1v) is 6.74. The minimum Gasteiger partial charge on any atom is -0.494 e. The van der Waals surface area contributed by atoms with E-state index >= 15 is 0 Å². The molecule has 0 radical (unpaired) electrons. The maximum Gasteiger partial charge on any atom is 0.304 e. The number of aryl methyl sites for hydroxylation is 1. The molecule has 0 aliphatic carbocycles. The van der Waals surface area contributed by atoms with E-state index in [4.69, 9.17) is 9.84 Å². The SMILES string of the molecule is CCc1cccc(OCCCN(C)CCC(=O)O)c1. The summed E-state index contributed by atoms with van der Waals surface area (Å²) in [7, 11) is 1.93. The number of hydrogen-bond donors (Lipinski definition) is 1. The first-order valence-electron chi connectivity index (χ1n) is 6.74. The quantitative estimate of drug-likeness (QED) is 0.697. The summed E-state index contributed by atoms with van der Waals surface area (Å²) in [6.07, 6.45) is 2.09. The van der Waals surface area contributed by atoms with Crippen LogP contribution in [-0.2, 0) is 11.2 Å². The van der Waals surface area contributed by atoms with Gasteiger partial charge in [-0.1, -0.05) is 19.1 Å². The number of ether oxygens (including phenoxy) is 1. The number of carbonyl (C=O) groups is 1. The Morgan fingerprint density at radius 3 is 2.84 bits per heavy atom. The molecular weight excluding hydrogens is 242 g/mol. The van der Waals surface area contributed by atoms with Gasteiger partial charge in [-0.15, -0.1) is 0 Å². The zero-order chi connectivity index (χ0) is 14.1. The van der Waals surface area contributed by atoms with Gasteiger partial charge < -0.3 is 14.7 Å². The Hall–Kier alpha value is -1.55. The summed E-state index contributed by atoms with van der Waals surface area (Å²) in [5, 5.41) is 8.58. The Kier molecular flexibility index (Phi) is 6.97. The van der Waals surface area contributed by atoms with Crippen molar-refractivity contribution in [1.29, 1.82) is 0 Å². The van der Waals surface area contributed by atoms with Gasteiger partial charge in [0.15, 0.2) is 0 Å². The van der Waals surface area contributed by atoms with Crippen LogP contribution in [0.1, 0.15) is 25.3 Å². The second kappa shape index (κ2) is 8.53. The third-order valence-corrected chi connectivity index (χ3v) is 2.97. The first kappa shape index (κ1) is 15.5. The maximum absolute atomic E-state index is 10.4. The summed E-state index contributed by atoms with van der Waals surface area (Å²) in [6.45, 7) is 4.21. The smallest absolute Gasteiger partial charge is 0.304 e. The van der Waals surface area contributed by atoms with Gasteiger partial charge in [-0.3, -0.25) is 4.79 Å². The highest BCUT2D eigenvalue weighted by molar-refractivity contribution is 5.66. The van der Waals surface area contributed by atoms with Crippen LogP contribution in [0.15, 0.2) is 24.3 Å². The van der Waals surface area contributed by atoms with Gasteiger partial charge in [0.1, 0.15) is 5.75 Å². The average Bonchev–Trinajstić information content (AvgIpc) is 2.41. The van der Waals surface area contributed by atoms with Crippen molar-refractivity contribution in [3.05, 3.63) is 29.8 Å². The Morgan fingerprint density at radius 2 is 2.16 bits per heavy atom. The van der Waals surface area contributed by atoms with Crippen LogP contribution in [0.5, 0.6) is 5.75 Å². The molecule has 1 rings (SSSR count). The number of benzene rings is 1. The molecule has 1 N–H and O–H groups in total. The van der Waals surface area contributed by atoms with Gasteiger partial charge in [0.2, 0.25) is 0 Å². The number of hydrogen-bond acceptors (Lipinski definition) is 3. The zero-order valence-electron chi connectivity index (χ0n) is 11.8. The molecule has 106 valence electrons. The monoisotopic (exact) mass is 265 g/mol. The summed E-state index contributed by atoms with van der Waals surface area (Å²) < 4.78 is 5.68. The molecular formula is C15H23NO3. The largest absolute Gasteiger partial charge is 0.494 e. The molecule has 0 atom stereocenters. The lowest BCUT2D eigenvalue weighted by molar-refractivity contribution is -0.137. The van der Waals surface area contributed by atoms with Crippen molar-refractivity contribution in [3.63, 3.8) is 0 Å². The Labute approximate surface area is 115 Å². The van der Waals surface area contributed by atoms with Crippen LogP contribution >= 0.6 is 0 Å². The van der Waals surface area contributed by atoms with E-state index in [0.717, 1.165) is 25.1 Å². The third-order valence-electron chi connectivity index (χ3n) is 2.97. The van der Waals surface area contributed by atoms with Crippen LogP contribution in [0.4, 0.5) is 0 Å². The average molecular weight is 265 g/mol. The molecule has 0 amide bonds. The number of rotatable bonds is 9. The summed E-state index contributed by atoms with van der Waals surface area (Å²) in [6, 6.07) is 8.13. The predicted molar refractivity (Wildman–Crippen MR) is 75.7 cm³/mol. The molecule has 0 aromatic heterocycles. The summed E-state index contributed by atoms with van der Waals surface area (Å²) in [4.78, 5) is 12.4. The van der Waals surface area contributed by atoms with Crippen molar-refractivity contribution in [2.45, 2.75) is 26.2 Å². The maximum atomic E-state index is 10.4. The van der Waals surface area contributed by atoms with Crippen molar-refractivity contribution in [3.8, 4) is 5.75 Å². The van der Waals surface area contributed by atoms with E-state index in [1.807, 2.05) is 24.1 Å². The van der Waals surface area contributed by atoms with Gasteiger partial charge in [-0.05, 0) is 37.6 Å². The van der Waals surface area contributed by atoms with E-state index in [9.17, 15) is 4.79 Å². The minimum atomic E-state index is -0.750. The molecule has 0 fully saturated rings. The highest BCUT2D eigenvalue weighted by atomic mass is 16.5. The standard InChI is InChI=1S/C15H23NO3/c1-3-13-6-4-7-14(12-13)19-11-5-9-16(2)10-8-15(17)18/h4,6-7,12H,3,5,8-11H2,1-2H3,(H,17,18). The van der Waals surface area contributed by atoms with Crippen molar-refractivity contribution >= 4 is 5.97 Å². The molecule has 0 unspecified atom stereocenters. The third kappa shape index (κ3) is 6.82. The van der Waals surface area contributed by atoms with Crippen LogP contribution in [0.2, 0.25) is 0 Å². The van der Waals surface area contributed by atoms with Crippen molar-refractivity contribution < 1.29 is 14.6 Å². The van der Waals surface area contributed by atoms with E-state index in [2.05, 4.69) is 19.1 Å². The van der Waals surface area contributed by atoms with Crippen LogP contribution in [-0.4, -0.2) is 42.7 Å². The number of nitrogens with zero attached hydrogens (tertiary/aromatic N) is 1. The van der Waals surface area contributed by atoms with Gasteiger partial charge in [-0.25, -0.2) is 0 Å². The van der Waals surface area contributed by atoms with Crippen LogP contribution in [0.25, 0.3) is 0 Å². The van der Waals surface area contributed by atoms with Crippen molar-refractivity contribution in [2.24, 2.45) is 0 Å². The topological polar surface area (TPSA) is 49.8 Å². The molecule has 0 spiro atoms. The van der Waals surface area contributed by atoms with E-state index in [1.54, 1.807) is 0 Å². The Bertz CT molecular complexity index is 393. The lowest BCUT2D eigenvalue weighted by Crippen LogP contribution is -2.24. The summed E-state index contributed by atoms with van der Waals surface area (Å²) >= 11 is 0. The van der Waals surface area contributed by atoms with Crippen molar-refractivity contribution in [1.82, 2.24) is 4.90 Å². The molecule has 0 aliphatic rings. The second-order valence-electron chi connectivity index (χ2n) is 4.65. The first-order chi connectivity index (χ1) is 9.11. The number of carboxylic acid groups (broad SMARTS) is 1. The van der Waals surface area contributed by atoms with Crippen LogP contribution < -0.4 is 4.74 Å². The minimum absolute atomic E-state index is 0.190. The van der Waals surface area contributed by atoms with E-state index in [-0.39, 0.29) is 6.42 Å². The Morgan fingerprint density at radius 1 is 1.37 bits per heavy atom. The van der Waals surface area contributed by atoms with Gasteiger partial charge >= 0.3 is 5.97 Å². The van der Waals surface area contributed by atoms with Crippen LogP contribution in [0, 0.1) is 0 Å². The summed E-state index contributed by atoms with van der Waals surface area (Å²) in [5.41, 5.74) is 1.27. The van der Waals surface area contributed by atoms with Gasteiger partial charge in [0.05, 0.1) is 13.0 Å². The highest BCUT2D eigenvalue weighted by Gasteiger charge is 2.02. The number of aliphatic carboxylic acids is 1. The molecule has 19 heavy (non-hydrogen) atoms. The van der Waals surface area contributed by atoms with E-state index in [0.29, 0.717) is 13.2 Å².